The Bertz CT molecular complexity index is 880. The fourth-order valence-electron chi connectivity index (χ4n) is 3.61. The summed E-state index contributed by atoms with van der Waals surface area (Å²) in [5, 5.41) is 14.3. The molecule has 6 heteroatoms. The number of phenols is 1. The van der Waals surface area contributed by atoms with Gasteiger partial charge in [0, 0.05) is 32.2 Å². The molecule has 1 saturated heterocycles. The van der Waals surface area contributed by atoms with Crippen LogP contribution in [-0.4, -0.2) is 48.6 Å². The molecule has 0 amide bonds. The SMILES string of the molecule is CCC1CNCCN1Cc1c(OC)ccc(C(=O)/C=C/c2ccc(F)cc2)c1O. The Morgan fingerprint density at radius 1 is 1.31 bits per heavy atom. The van der Waals surface area contributed by atoms with Gasteiger partial charge in [-0.05, 0) is 42.3 Å². The first-order valence-electron chi connectivity index (χ1n) is 9.85. The lowest BCUT2D eigenvalue weighted by Crippen LogP contribution is -2.50. The normalized spacial score (nSPS) is 17.6. The van der Waals surface area contributed by atoms with Gasteiger partial charge in [0.05, 0.1) is 18.2 Å². The Hall–Kier alpha value is -2.70. The third-order valence-electron chi connectivity index (χ3n) is 5.33. The molecule has 1 aliphatic rings. The second kappa shape index (κ2) is 9.67. The molecule has 2 N–H and O–H groups in total. The Morgan fingerprint density at radius 3 is 2.76 bits per heavy atom. The van der Waals surface area contributed by atoms with E-state index < -0.39 is 0 Å². The predicted molar refractivity (Wildman–Crippen MR) is 112 cm³/mol. The number of methoxy groups -OCH3 is 1. The third-order valence-corrected chi connectivity index (χ3v) is 5.33. The minimum Gasteiger partial charge on any atom is -0.507 e. The van der Waals surface area contributed by atoms with Crippen LogP contribution >= 0.6 is 0 Å². The number of piperazine rings is 1. The number of ketones is 1. The molecule has 3 rings (SSSR count). The van der Waals surface area contributed by atoms with Gasteiger partial charge < -0.3 is 15.2 Å². The maximum Gasteiger partial charge on any atom is 0.189 e. The molecular formula is C23H27FN2O3. The van der Waals surface area contributed by atoms with E-state index in [0.29, 0.717) is 29.5 Å². The molecule has 0 saturated carbocycles. The summed E-state index contributed by atoms with van der Waals surface area (Å²) in [6.07, 6.45) is 3.99. The van der Waals surface area contributed by atoms with E-state index in [4.69, 9.17) is 4.74 Å². The summed E-state index contributed by atoms with van der Waals surface area (Å²) in [5.41, 5.74) is 1.55. The van der Waals surface area contributed by atoms with Gasteiger partial charge in [0.25, 0.3) is 0 Å². The highest BCUT2D eigenvalue weighted by Gasteiger charge is 2.25. The van der Waals surface area contributed by atoms with E-state index in [9.17, 15) is 14.3 Å². The van der Waals surface area contributed by atoms with Crippen molar-refractivity contribution in [3.8, 4) is 11.5 Å². The molecule has 5 nitrogen and oxygen atoms in total. The van der Waals surface area contributed by atoms with Crippen molar-refractivity contribution in [1.82, 2.24) is 10.2 Å². The van der Waals surface area contributed by atoms with Crippen LogP contribution in [0.25, 0.3) is 6.08 Å². The van der Waals surface area contributed by atoms with Crippen molar-refractivity contribution >= 4 is 11.9 Å². The first-order valence-corrected chi connectivity index (χ1v) is 9.85. The molecular weight excluding hydrogens is 371 g/mol. The number of carbonyl (C=O) groups is 1. The van der Waals surface area contributed by atoms with Crippen LogP contribution in [0.1, 0.15) is 34.8 Å². The number of halogens is 1. The summed E-state index contributed by atoms with van der Waals surface area (Å²) in [6.45, 7) is 5.31. The van der Waals surface area contributed by atoms with Gasteiger partial charge in [-0.2, -0.15) is 0 Å². The Balaban J connectivity index is 1.85. The zero-order valence-electron chi connectivity index (χ0n) is 16.8. The van der Waals surface area contributed by atoms with E-state index in [1.807, 2.05) is 0 Å². The standard InChI is InChI=1S/C23H27FN2O3/c1-3-18-14-25-12-13-26(18)15-20-22(29-2)11-9-19(23(20)28)21(27)10-6-16-4-7-17(24)8-5-16/h4-11,18,25,28H,3,12-15H2,1-2H3/b10-6+. The maximum atomic E-state index is 13.0. The zero-order chi connectivity index (χ0) is 20.8. The van der Waals surface area contributed by atoms with Gasteiger partial charge in [0.2, 0.25) is 0 Å². The number of carbonyl (C=O) groups excluding carboxylic acids is 1. The van der Waals surface area contributed by atoms with Gasteiger partial charge in [-0.25, -0.2) is 4.39 Å². The molecule has 0 radical (unpaired) electrons. The molecule has 0 aromatic heterocycles. The first-order chi connectivity index (χ1) is 14.0. The lowest BCUT2D eigenvalue weighted by molar-refractivity contribution is 0.104. The smallest absolute Gasteiger partial charge is 0.189 e. The summed E-state index contributed by atoms with van der Waals surface area (Å²) in [5.74, 6) is -0.131. The van der Waals surface area contributed by atoms with Crippen molar-refractivity contribution in [1.29, 1.82) is 0 Å². The molecule has 1 heterocycles. The number of allylic oxidation sites excluding steroid dienone is 1. The van der Waals surface area contributed by atoms with Crippen LogP contribution in [0.15, 0.2) is 42.5 Å². The van der Waals surface area contributed by atoms with Crippen LogP contribution < -0.4 is 10.1 Å². The van der Waals surface area contributed by atoms with E-state index in [1.165, 1.54) is 18.2 Å². The molecule has 0 bridgehead atoms. The summed E-state index contributed by atoms with van der Waals surface area (Å²) in [7, 11) is 1.56. The minimum atomic E-state index is -0.329. The van der Waals surface area contributed by atoms with Gasteiger partial charge in [0.15, 0.2) is 5.78 Å². The highest BCUT2D eigenvalue weighted by Crippen LogP contribution is 2.34. The van der Waals surface area contributed by atoms with Crippen molar-refractivity contribution in [3.05, 3.63) is 65.0 Å². The Kier molecular flexibility index (Phi) is 7.01. The van der Waals surface area contributed by atoms with Crippen LogP contribution in [0.3, 0.4) is 0 Å². The topological polar surface area (TPSA) is 61.8 Å². The van der Waals surface area contributed by atoms with Crippen molar-refractivity contribution < 1.29 is 19.0 Å². The Labute approximate surface area is 170 Å². The van der Waals surface area contributed by atoms with E-state index in [1.54, 1.807) is 37.5 Å². The number of nitrogens with one attached hydrogen (secondary N) is 1. The molecule has 29 heavy (non-hydrogen) atoms. The third kappa shape index (κ3) is 5.02. The number of phenolic OH excluding ortho intramolecular Hbond substituents is 1. The lowest BCUT2D eigenvalue weighted by Gasteiger charge is -2.36. The first kappa shape index (κ1) is 21.0. The summed E-state index contributed by atoms with van der Waals surface area (Å²) < 4.78 is 18.5. The van der Waals surface area contributed by atoms with Crippen LogP contribution in [0.4, 0.5) is 4.39 Å². The monoisotopic (exact) mass is 398 g/mol. The Morgan fingerprint density at radius 2 is 2.07 bits per heavy atom. The average molecular weight is 398 g/mol. The van der Waals surface area contributed by atoms with Crippen molar-refractivity contribution in [2.75, 3.05) is 26.7 Å². The zero-order valence-corrected chi connectivity index (χ0v) is 16.8. The number of hydrogen-bond acceptors (Lipinski definition) is 5. The number of rotatable bonds is 7. The lowest BCUT2D eigenvalue weighted by atomic mass is 10.0. The highest BCUT2D eigenvalue weighted by molar-refractivity contribution is 6.09. The van der Waals surface area contributed by atoms with Gasteiger partial charge in [-0.3, -0.25) is 9.69 Å². The van der Waals surface area contributed by atoms with Gasteiger partial charge in [-0.1, -0.05) is 25.1 Å². The highest BCUT2D eigenvalue weighted by atomic mass is 19.1. The predicted octanol–water partition coefficient (Wildman–Crippen LogP) is 3.62. The molecule has 1 aliphatic heterocycles. The number of benzene rings is 2. The molecule has 2 aromatic rings. The number of aromatic hydroxyl groups is 1. The van der Waals surface area contributed by atoms with Crippen LogP contribution in [0, 0.1) is 5.82 Å². The van der Waals surface area contributed by atoms with E-state index in [0.717, 1.165) is 26.1 Å². The molecule has 0 aliphatic carbocycles. The summed E-state index contributed by atoms with van der Waals surface area (Å²) in [6, 6.07) is 9.52. The number of nitrogens with zero attached hydrogens (tertiary/aromatic N) is 1. The number of hydrogen-bond donors (Lipinski definition) is 2. The molecule has 1 unspecified atom stereocenters. The van der Waals surface area contributed by atoms with Crippen LogP contribution in [0.5, 0.6) is 11.5 Å². The fourth-order valence-corrected chi connectivity index (χ4v) is 3.61. The van der Waals surface area contributed by atoms with Gasteiger partial charge >= 0.3 is 0 Å². The molecule has 0 spiro atoms. The van der Waals surface area contributed by atoms with Crippen molar-refractivity contribution in [2.24, 2.45) is 0 Å². The van der Waals surface area contributed by atoms with Gasteiger partial charge in [0.1, 0.15) is 17.3 Å². The second-order valence-corrected chi connectivity index (χ2v) is 7.13. The van der Waals surface area contributed by atoms with E-state index >= 15 is 0 Å². The summed E-state index contributed by atoms with van der Waals surface area (Å²) in [4.78, 5) is 15.0. The minimum absolute atomic E-state index is 0.0495. The summed E-state index contributed by atoms with van der Waals surface area (Å²) >= 11 is 0. The maximum absolute atomic E-state index is 13.0. The molecule has 154 valence electrons. The average Bonchev–Trinajstić information content (AvgIpc) is 2.74. The molecule has 1 fully saturated rings. The fraction of sp³-hybridized carbons (Fsp3) is 0.348. The van der Waals surface area contributed by atoms with Gasteiger partial charge in [-0.15, -0.1) is 0 Å². The van der Waals surface area contributed by atoms with Crippen molar-refractivity contribution in [2.45, 2.75) is 25.9 Å². The molecule has 1 atom stereocenters. The molecule has 2 aromatic carbocycles. The second-order valence-electron chi connectivity index (χ2n) is 7.13. The van der Waals surface area contributed by atoms with E-state index in [2.05, 4.69) is 17.1 Å². The van der Waals surface area contributed by atoms with E-state index in [-0.39, 0.29) is 22.9 Å². The van der Waals surface area contributed by atoms with Crippen LogP contribution in [-0.2, 0) is 6.54 Å². The quantitative estimate of drug-likeness (QED) is 0.551. The van der Waals surface area contributed by atoms with Crippen LogP contribution in [0.2, 0.25) is 0 Å². The number of ether oxygens (including phenoxy) is 1. The largest absolute Gasteiger partial charge is 0.507 e. The van der Waals surface area contributed by atoms with Crippen molar-refractivity contribution in [3.63, 3.8) is 0 Å².